The lowest BCUT2D eigenvalue weighted by Gasteiger charge is -2.18. The van der Waals surface area contributed by atoms with Crippen LogP contribution in [0.15, 0.2) is 60.7 Å². The number of rotatable bonds is 11. The Hall–Kier alpha value is -4.20. The zero-order valence-electron chi connectivity index (χ0n) is 21.9. The van der Waals surface area contributed by atoms with Crippen molar-refractivity contribution in [1.82, 2.24) is 14.9 Å². The Balaban J connectivity index is 1.53. The first-order valence-corrected chi connectivity index (χ1v) is 12.2. The molecule has 1 aromatic heterocycles. The van der Waals surface area contributed by atoms with Gasteiger partial charge in [-0.15, -0.1) is 0 Å². The van der Waals surface area contributed by atoms with Crippen molar-refractivity contribution >= 4 is 16.9 Å². The summed E-state index contributed by atoms with van der Waals surface area (Å²) in [4.78, 5) is 18.1. The fourth-order valence-electron chi connectivity index (χ4n) is 4.34. The molecule has 37 heavy (non-hydrogen) atoms. The summed E-state index contributed by atoms with van der Waals surface area (Å²) in [5, 5.41) is 3.07. The molecule has 1 atom stereocenters. The van der Waals surface area contributed by atoms with Gasteiger partial charge in [0, 0.05) is 12.1 Å². The van der Waals surface area contributed by atoms with Gasteiger partial charge >= 0.3 is 0 Å². The third kappa shape index (κ3) is 5.63. The zero-order chi connectivity index (χ0) is 26.4. The molecule has 4 rings (SSSR count). The Morgan fingerprint density at radius 2 is 1.62 bits per heavy atom. The zero-order valence-corrected chi connectivity index (χ0v) is 21.9. The molecule has 0 radical (unpaired) electrons. The lowest BCUT2D eigenvalue weighted by atomic mass is 10.1. The highest BCUT2D eigenvalue weighted by Gasteiger charge is 2.22. The van der Waals surface area contributed by atoms with E-state index in [-0.39, 0.29) is 11.9 Å². The Morgan fingerprint density at radius 3 is 2.30 bits per heavy atom. The van der Waals surface area contributed by atoms with Crippen LogP contribution in [0.5, 0.6) is 23.0 Å². The van der Waals surface area contributed by atoms with Gasteiger partial charge in [-0.25, -0.2) is 4.98 Å². The van der Waals surface area contributed by atoms with Crippen molar-refractivity contribution in [2.24, 2.45) is 0 Å². The van der Waals surface area contributed by atoms with E-state index in [1.54, 1.807) is 12.1 Å². The van der Waals surface area contributed by atoms with Gasteiger partial charge in [-0.2, -0.15) is 0 Å². The van der Waals surface area contributed by atoms with E-state index in [1.807, 2.05) is 62.4 Å². The van der Waals surface area contributed by atoms with Crippen molar-refractivity contribution in [1.29, 1.82) is 0 Å². The topological polar surface area (TPSA) is 83.8 Å². The number of nitrogens with zero attached hydrogens (tertiary/aromatic N) is 2. The van der Waals surface area contributed by atoms with Crippen LogP contribution < -0.4 is 24.3 Å². The Morgan fingerprint density at radius 1 is 0.946 bits per heavy atom. The van der Waals surface area contributed by atoms with Crippen LogP contribution in [0.25, 0.3) is 11.0 Å². The average Bonchev–Trinajstić information content (AvgIpc) is 3.29. The lowest BCUT2D eigenvalue weighted by molar-refractivity contribution is 0.0936. The van der Waals surface area contributed by atoms with Crippen molar-refractivity contribution in [2.75, 3.05) is 27.9 Å². The fourth-order valence-corrected chi connectivity index (χ4v) is 4.34. The van der Waals surface area contributed by atoms with Crippen LogP contribution in [0.2, 0.25) is 0 Å². The van der Waals surface area contributed by atoms with E-state index in [9.17, 15) is 4.79 Å². The highest BCUT2D eigenvalue weighted by molar-refractivity contribution is 5.96. The van der Waals surface area contributed by atoms with E-state index in [1.165, 1.54) is 21.3 Å². The normalized spacial score (nSPS) is 11.7. The number of carbonyl (C=O) groups is 1. The summed E-state index contributed by atoms with van der Waals surface area (Å²) < 4.78 is 24.3. The summed E-state index contributed by atoms with van der Waals surface area (Å²) in [6.07, 6.45) is 0.787. The summed E-state index contributed by atoms with van der Waals surface area (Å²) in [6, 6.07) is 18.9. The minimum atomic E-state index is -0.351. The molecular formula is C29H33N3O5. The summed E-state index contributed by atoms with van der Waals surface area (Å²) in [6.45, 7) is 5.24. The van der Waals surface area contributed by atoms with Gasteiger partial charge in [-0.3, -0.25) is 4.79 Å². The van der Waals surface area contributed by atoms with Gasteiger partial charge in [-0.05, 0) is 56.2 Å². The summed E-state index contributed by atoms with van der Waals surface area (Å²) in [7, 11) is 4.57. The molecule has 1 amide bonds. The molecule has 0 aliphatic rings. The molecule has 1 heterocycles. The van der Waals surface area contributed by atoms with Crippen LogP contribution in [0.1, 0.15) is 41.1 Å². The smallest absolute Gasteiger partial charge is 0.252 e. The average molecular weight is 504 g/mol. The summed E-state index contributed by atoms with van der Waals surface area (Å²) >= 11 is 0. The van der Waals surface area contributed by atoms with E-state index in [2.05, 4.69) is 9.88 Å². The predicted molar refractivity (Wildman–Crippen MR) is 143 cm³/mol. The van der Waals surface area contributed by atoms with E-state index < -0.39 is 0 Å². The number of aromatic nitrogens is 2. The molecule has 4 aromatic rings. The first kappa shape index (κ1) is 25.9. The number of benzene rings is 3. The standard InChI is InChI=1S/C29H33N3O5/c1-19-11-6-9-14-24(19)37-16-10-15-32-23-13-8-7-12-22(23)31-28(32)20(2)30-29(33)21-17-25(34-3)27(36-5)26(18-21)35-4/h6-9,11-14,17-18,20H,10,15-16H2,1-5H3,(H,30,33). The molecule has 0 saturated heterocycles. The molecule has 0 bridgehead atoms. The largest absolute Gasteiger partial charge is 0.493 e. The number of hydrogen-bond acceptors (Lipinski definition) is 6. The molecule has 194 valence electrons. The van der Waals surface area contributed by atoms with Crippen LogP contribution in [-0.4, -0.2) is 43.4 Å². The number of carbonyl (C=O) groups excluding carboxylic acids is 1. The second-order valence-electron chi connectivity index (χ2n) is 8.69. The van der Waals surface area contributed by atoms with Crippen molar-refractivity contribution in [3.05, 3.63) is 77.6 Å². The van der Waals surface area contributed by atoms with Crippen molar-refractivity contribution in [2.45, 2.75) is 32.9 Å². The van der Waals surface area contributed by atoms with Crippen molar-refractivity contribution in [3.8, 4) is 23.0 Å². The number of hydrogen-bond donors (Lipinski definition) is 1. The minimum Gasteiger partial charge on any atom is -0.493 e. The van der Waals surface area contributed by atoms with Gasteiger partial charge < -0.3 is 28.8 Å². The van der Waals surface area contributed by atoms with Crippen LogP contribution in [-0.2, 0) is 6.54 Å². The van der Waals surface area contributed by atoms with E-state index in [4.69, 9.17) is 23.9 Å². The number of ether oxygens (including phenoxy) is 4. The molecule has 8 heteroatoms. The van der Waals surface area contributed by atoms with Gasteiger partial charge in [0.25, 0.3) is 5.91 Å². The second kappa shape index (κ2) is 11.7. The van der Waals surface area contributed by atoms with E-state index in [0.717, 1.165) is 34.6 Å². The Labute approximate surface area is 217 Å². The highest BCUT2D eigenvalue weighted by atomic mass is 16.5. The Bertz CT molecular complexity index is 1360. The molecule has 1 unspecified atom stereocenters. The van der Waals surface area contributed by atoms with Gasteiger partial charge in [0.1, 0.15) is 11.6 Å². The first-order valence-electron chi connectivity index (χ1n) is 12.2. The van der Waals surface area contributed by atoms with Gasteiger partial charge in [0.15, 0.2) is 11.5 Å². The van der Waals surface area contributed by atoms with E-state index >= 15 is 0 Å². The van der Waals surface area contributed by atoms with Crippen LogP contribution in [0.4, 0.5) is 0 Å². The number of para-hydroxylation sites is 3. The number of fused-ring (bicyclic) bond motifs is 1. The maximum absolute atomic E-state index is 13.2. The molecule has 8 nitrogen and oxygen atoms in total. The van der Waals surface area contributed by atoms with Crippen LogP contribution >= 0.6 is 0 Å². The summed E-state index contributed by atoms with van der Waals surface area (Å²) in [5.41, 5.74) is 3.41. The molecule has 0 spiro atoms. The molecule has 0 aliphatic carbocycles. The Kier molecular flexibility index (Phi) is 8.18. The monoisotopic (exact) mass is 503 g/mol. The number of imidazole rings is 1. The quantitative estimate of drug-likeness (QED) is 0.279. The van der Waals surface area contributed by atoms with Crippen molar-refractivity contribution < 1.29 is 23.7 Å². The molecular weight excluding hydrogens is 470 g/mol. The molecule has 0 fully saturated rings. The minimum absolute atomic E-state index is 0.270. The number of methoxy groups -OCH3 is 3. The highest BCUT2D eigenvalue weighted by Crippen LogP contribution is 2.38. The first-order chi connectivity index (χ1) is 18.0. The maximum Gasteiger partial charge on any atom is 0.252 e. The van der Waals surface area contributed by atoms with Gasteiger partial charge in [0.05, 0.1) is 45.0 Å². The third-order valence-electron chi connectivity index (χ3n) is 6.22. The fraction of sp³-hybridized carbons (Fsp3) is 0.310. The van der Waals surface area contributed by atoms with Gasteiger partial charge in [-0.1, -0.05) is 30.3 Å². The molecule has 3 aromatic carbocycles. The molecule has 0 aliphatic heterocycles. The van der Waals surface area contributed by atoms with Crippen molar-refractivity contribution in [3.63, 3.8) is 0 Å². The summed E-state index contributed by atoms with van der Waals surface area (Å²) in [5.74, 6) is 2.67. The molecule has 0 saturated carbocycles. The SMILES string of the molecule is COc1cc(C(=O)NC(C)c2nc3ccccc3n2CCCOc2ccccc2C)cc(OC)c1OC. The van der Waals surface area contributed by atoms with Crippen LogP contribution in [0, 0.1) is 6.92 Å². The lowest BCUT2D eigenvalue weighted by Crippen LogP contribution is -2.29. The molecule has 1 N–H and O–H groups in total. The third-order valence-corrected chi connectivity index (χ3v) is 6.22. The van der Waals surface area contributed by atoms with Crippen LogP contribution in [0.3, 0.4) is 0 Å². The number of nitrogens with one attached hydrogen (secondary N) is 1. The van der Waals surface area contributed by atoms with E-state index in [0.29, 0.717) is 36.0 Å². The number of amides is 1. The maximum atomic E-state index is 13.2. The predicted octanol–water partition coefficient (Wildman–Crippen LogP) is 5.33. The second-order valence-corrected chi connectivity index (χ2v) is 8.69. The van der Waals surface area contributed by atoms with Gasteiger partial charge in [0.2, 0.25) is 5.75 Å². The number of aryl methyl sites for hydroxylation is 2.